The molecule has 2 rings (SSSR count). The molecule has 0 fully saturated rings. The summed E-state index contributed by atoms with van der Waals surface area (Å²) in [6.45, 7) is 0.610. The summed E-state index contributed by atoms with van der Waals surface area (Å²) in [7, 11) is 0. The van der Waals surface area contributed by atoms with Gasteiger partial charge in [0, 0.05) is 11.6 Å². The lowest BCUT2D eigenvalue weighted by Crippen LogP contribution is -2.10. The SMILES string of the molecule is N[C@@H]1CCCOc2c(Cl)cc(Cl)c(Cl)c21. The van der Waals surface area contributed by atoms with E-state index in [9.17, 15) is 0 Å². The van der Waals surface area contributed by atoms with Crippen LogP contribution in [0.2, 0.25) is 15.1 Å². The van der Waals surface area contributed by atoms with Crippen LogP contribution in [0.5, 0.6) is 5.75 Å². The number of hydrogen-bond acceptors (Lipinski definition) is 2. The molecule has 82 valence electrons. The van der Waals surface area contributed by atoms with Gasteiger partial charge in [-0.2, -0.15) is 0 Å². The maximum atomic E-state index is 6.10. The van der Waals surface area contributed by atoms with Gasteiger partial charge in [-0.3, -0.25) is 0 Å². The molecule has 1 aromatic carbocycles. The van der Waals surface area contributed by atoms with Crippen molar-refractivity contribution < 1.29 is 4.74 Å². The first kappa shape index (κ1) is 11.3. The van der Waals surface area contributed by atoms with E-state index in [1.54, 1.807) is 6.07 Å². The smallest absolute Gasteiger partial charge is 0.144 e. The third-order valence-electron chi connectivity index (χ3n) is 2.44. The average Bonchev–Trinajstić information content (AvgIpc) is 2.37. The number of nitrogens with two attached hydrogens (primary N) is 1. The van der Waals surface area contributed by atoms with Crippen molar-refractivity contribution in [1.29, 1.82) is 0 Å². The summed E-state index contributed by atoms with van der Waals surface area (Å²) in [4.78, 5) is 0. The van der Waals surface area contributed by atoms with Crippen molar-refractivity contribution in [3.8, 4) is 5.75 Å². The summed E-state index contributed by atoms with van der Waals surface area (Å²) in [5.74, 6) is 0.580. The molecule has 1 aliphatic heterocycles. The second kappa shape index (κ2) is 4.38. The maximum absolute atomic E-state index is 6.10. The lowest BCUT2D eigenvalue weighted by atomic mass is 10.0. The third kappa shape index (κ3) is 2.04. The molecule has 0 unspecified atom stereocenters. The van der Waals surface area contributed by atoms with Crippen molar-refractivity contribution in [2.45, 2.75) is 18.9 Å². The summed E-state index contributed by atoms with van der Waals surface area (Å²) < 4.78 is 5.53. The zero-order valence-electron chi connectivity index (χ0n) is 7.90. The van der Waals surface area contributed by atoms with Gasteiger partial charge >= 0.3 is 0 Å². The lowest BCUT2D eigenvalue weighted by molar-refractivity contribution is 0.316. The Hall–Kier alpha value is -0.150. The highest BCUT2D eigenvalue weighted by atomic mass is 35.5. The molecular weight excluding hydrogens is 256 g/mol. The van der Waals surface area contributed by atoms with Crippen LogP contribution >= 0.6 is 34.8 Å². The van der Waals surface area contributed by atoms with Crippen LogP contribution in [0, 0.1) is 0 Å². The zero-order valence-corrected chi connectivity index (χ0v) is 10.2. The molecule has 2 N–H and O–H groups in total. The fraction of sp³-hybridized carbons (Fsp3) is 0.400. The second-order valence-corrected chi connectivity index (χ2v) is 4.69. The van der Waals surface area contributed by atoms with Crippen LogP contribution in [0.4, 0.5) is 0 Å². The first-order chi connectivity index (χ1) is 7.11. The van der Waals surface area contributed by atoms with Crippen LogP contribution in [0.3, 0.4) is 0 Å². The number of rotatable bonds is 0. The Morgan fingerprint density at radius 3 is 2.73 bits per heavy atom. The lowest BCUT2D eigenvalue weighted by Gasteiger charge is -2.15. The van der Waals surface area contributed by atoms with Gasteiger partial charge in [-0.1, -0.05) is 34.8 Å². The average molecular weight is 267 g/mol. The number of benzene rings is 1. The third-order valence-corrected chi connectivity index (χ3v) is 3.52. The topological polar surface area (TPSA) is 35.2 Å². The Bertz CT molecular complexity index is 395. The molecule has 0 spiro atoms. The zero-order chi connectivity index (χ0) is 11.0. The number of halogens is 3. The first-order valence-corrected chi connectivity index (χ1v) is 5.80. The van der Waals surface area contributed by atoms with Crippen molar-refractivity contribution >= 4 is 34.8 Å². The highest BCUT2D eigenvalue weighted by molar-refractivity contribution is 6.44. The molecule has 1 aromatic rings. The molecule has 0 aliphatic carbocycles. The largest absolute Gasteiger partial charge is 0.492 e. The molecule has 1 aliphatic rings. The number of fused-ring (bicyclic) bond motifs is 1. The van der Waals surface area contributed by atoms with Crippen LogP contribution in [-0.2, 0) is 0 Å². The molecule has 1 heterocycles. The van der Waals surface area contributed by atoms with Gasteiger partial charge in [0.1, 0.15) is 5.75 Å². The van der Waals surface area contributed by atoms with Crippen molar-refractivity contribution in [3.05, 3.63) is 26.7 Å². The van der Waals surface area contributed by atoms with Crippen molar-refractivity contribution in [3.63, 3.8) is 0 Å². The summed E-state index contributed by atoms with van der Waals surface area (Å²) in [5, 5.41) is 1.34. The van der Waals surface area contributed by atoms with Crippen LogP contribution in [0.15, 0.2) is 6.07 Å². The van der Waals surface area contributed by atoms with E-state index in [2.05, 4.69) is 0 Å². The van der Waals surface area contributed by atoms with E-state index in [1.807, 2.05) is 0 Å². The highest BCUT2D eigenvalue weighted by Gasteiger charge is 2.23. The van der Waals surface area contributed by atoms with E-state index < -0.39 is 0 Å². The predicted molar refractivity (Wildman–Crippen MR) is 63.1 cm³/mol. The molecule has 0 radical (unpaired) electrons. The van der Waals surface area contributed by atoms with Gasteiger partial charge in [0.25, 0.3) is 0 Å². The van der Waals surface area contributed by atoms with Crippen LogP contribution < -0.4 is 10.5 Å². The molecule has 1 atom stereocenters. The van der Waals surface area contributed by atoms with Crippen LogP contribution in [-0.4, -0.2) is 6.61 Å². The van der Waals surface area contributed by atoms with Gasteiger partial charge < -0.3 is 10.5 Å². The monoisotopic (exact) mass is 265 g/mol. The van der Waals surface area contributed by atoms with E-state index in [0.29, 0.717) is 27.4 Å². The van der Waals surface area contributed by atoms with Gasteiger partial charge in [-0.05, 0) is 18.9 Å². The molecule has 15 heavy (non-hydrogen) atoms. The molecular formula is C10H10Cl3NO. The minimum atomic E-state index is -0.161. The van der Waals surface area contributed by atoms with Crippen molar-refractivity contribution in [1.82, 2.24) is 0 Å². The summed E-state index contributed by atoms with van der Waals surface area (Å²) in [6.07, 6.45) is 1.71. The molecule has 0 amide bonds. The van der Waals surface area contributed by atoms with Gasteiger partial charge in [-0.15, -0.1) is 0 Å². The standard InChI is InChI=1S/C10H10Cl3NO/c11-5-4-6(12)10-8(9(5)13)7(14)2-1-3-15-10/h4,7H,1-3,14H2/t7-/m1/s1. The first-order valence-electron chi connectivity index (χ1n) is 4.67. The predicted octanol–water partition coefficient (Wildman–Crippen LogP) is 3.82. The Labute approximate surface area is 103 Å². The van der Waals surface area contributed by atoms with E-state index in [4.69, 9.17) is 45.3 Å². The van der Waals surface area contributed by atoms with E-state index in [0.717, 1.165) is 18.4 Å². The Balaban J connectivity index is 2.63. The molecule has 0 saturated carbocycles. The van der Waals surface area contributed by atoms with Crippen molar-refractivity contribution in [2.24, 2.45) is 5.73 Å². The fourth-order valence-corrected chi connectivity index (χ4v) is 2.51. The quantitative estimate of drug-likeness (QED) is 0.725. The van der Waals surface area contributed by atoms with Gasteiger partial charge in [0.05, 0.1) is 21.7 Å². The Morgan fingerprint density at radius 1 is 1.27 bits per heavy atom. The molecule has 0 aromatic heterocycles. The fourth-order valence-electron chi connectivity index (χ4n) is 1.70. The molecule has 2 nitrogen and oxygen atoms in total. The Morgan fingerprint density at radius 2 is 2.00 bits per heavy atom. The minimum Gasteiger partial charge on any atom is -0.492 e. The minimum absolute atomic E-state index is 0.161. The van der Waals surface area contributed by atoms with Crippen LogP contribution in [0.1, 0.15) is 24.4 Å². The molecule has 0 saturated heterocycles. The van der Waals surface area contributed by atoms with Gasteiger partial charge in [0.2, 0.25) is 0 Å². The summed E-state index contributed by atoms with van der Waals surface area (Å²) in [6, 6.07) is 1.42. The molecule has 0 bridgehead atoms. The number of ether oxygens (including phenoxy) is 1. The van der Waals surface area contributed by atoms with E-state index >= 15 is 0 Å². The summed E-state index contributed by atoms with van der Waals surface area (Å²) in [5.41, 5.74) is 6.73. The van der Waals surface area contributed by atoms with E-state index in [1.165, 1.54) is 0 Å². The van der Waals surface area contributed by atoms with E-state index in [-0.39, 0.29) is 6.04 Å². The van der Waals surface area contributed by atoms with Gasteiger partial charge in [0.15, 0.2) is 0 Å². The Kier molecular flexibility index (Phi) is 3.31. The summed E-state index contributed by atoms with van der Waals surface area (Å²) >= 11 is 18.1. The van der Waals surface area contributed by atoms with Crippen LogP contribution in [0.25, 0.3) is 0 Å². The second-order valence-electron chi connectivity index (χ2n) is 3.49. The van der Waals surface area contributed by atoms with Gasteiger partial charge in [-0.25, -0.2) is 0 Å². The maximum Gasteiger partial charge on any atom is 0.144 e. The highest BCUT2D eigenvalue weighted by Crippen LogP contribution is 2.44. The molecule has 5 heteroatoms. The normalized spacial score (nSPS) is 20.4. The number of hydrogen-bond donors (Lipinski definition) is 1. The van der Waals surface area contributed by atoms with Crippen molar-refractivity contribution in [2.75, 3.05) is 6.61 Å².